The smallest absolute Gasteiger partial charge is 0.222 e. The Kier molecular flexibility index (Phi) is 12.3. The fourth-order valence-corrected chi connectivity index (χ4v) is 3.54. The SMILES string of the molecule is CCCCCCCCCCC[C@H](O)CC(=O)NC1CCCCC1. The molecule has 1 amide bonds. The van der Waals surface area contributed by atoms with Gasteiger partial charge in [-0.05, 0) is 19.3 Å². The predicted molar refractivity (Wildman–Crippen MR) is 97.5 cm³/mol. The van der Waals surface area contributed by atoms with Crippen LogP contribution < -0.4 is 5.32 Å². The van der Waals surface area contributed by atoms with Gasteiger partial charge in [-0.15, -0.1) is 0 Å². The molecule has 0 aromatic heterocycles. The molecule has 1 aliphatic rings. The summed E-state index contributed by atoms with van der Waals surface area (Å²) in [6, 6.07) is 0.358. The zero-order chi connectivity index (χ0) is 16.8. The van der Waals surface area contributed by atoms with Crippen molar-refractivity contribution in [3.63, 3.8) is 0 Å². The molecular formula is C20H39NO2. The number of hydrogen-bond acceptors (Lipinski definition) is 2. The van der Waals surface area contributed by atoms with Gasteiger partial charge in [-0.1, -0.05) is 84.0 Å². The van der Waals surface area contributed by atoms with E-state index in [1.165, 1.54) is 70.6 Å². The quantitative estimate of drug-likeness (QED) is 0.462. The molecule has 23 heavy (non-hydrogen) atoms. The maximum Gasteiger partial charge on any atom is 0.222 e. The van der Waals surface area contributed by atoms with Gasteiger partial charge in [0.05, 0.1) is 12.5 Å². The summed E-state index contributed by atoms with van der Waals surface area (Å²) in [5, 5.41) is 13.1. The summed E-state index contributed by atoms with van der Waals surface area (Å²) in [5.41, 5.74) is 0. The van der Waals surface area contributed by atoms with Crippen LogP contribution in [0.4, 0.5) is 0 Å². The summed E-state index contributed by atoms with van der Waals surface area (Å²) in [7, 11) is 0. The number of rotatable bonds is 13. The number of carbonyl (C=O) groups is 1. The average molecular weight is 326 g/mol. The third-order valence-corrected chi connectivity index (χ3v) is 5.03. The first-order chi connectivity index (χ1) is 11.2. The van der Waals surface area contributed by atoms with Crippen molar-refractivity contribution in [2.75, 3.05) is 0 Å². The first-order valence-electron chi connectivity index (χ1n) is 10.2. The van der Waals surface area contributed by atoms with E-state index in [0.29, 0.717) is 6.04 Å². The topological polar surface area (TPSA) is 49.3 Å². The molecule has 1 rings (SSSR count). The molecule has 1 atom stereocenters. The van der Waals surface area contributed by atoms with Crippen molar-refractivity contribution in [3.8, 4) is 0 Å². The second kappa shape index (κ2) is 13.8. The number of unbranched alkanes of at least 4 members (excludes halogenated alkanes) is 8. The lowest BCUT2D eigenvalue weighted by Gasteiger charge is -2.23. The van der Waals surface area contributed by atoms with Gasteiger partial charge in [-0.2, -0.15) is 0 Å². The van der Waals surface area contributed by atoms with Crippen LogP contribution in [0.25, 0.3) is 0 Å². The Balaban J connectivity index is 1.91. The van der Waals surface area contributed by atoms with Crippen molar-refractivity contribution in [2.24, 2.45) is 0 Å². The van der Waals surface area contributed by atoms with Gasteiger partial charge in [0, 0.05) is 6.04 Å². The van der Waals surface area contributed by atoms with Crippen molar-refractivity contribution in [1.82, 2.24) is 5.32 Å². The van der Waals surface area contributed by atoms with E-state index in [2.05, 4.69) is 12.2 Å². The predicted octanol–water partition coefficient (Wildman–Crippen LogP) is 5.11. The van der Waals surface area contributed by atoms with Gasteiger partial charge in [0.1, 0.15) is 0 Å². The molecule has 0 aliphatic heterocycles. The molecule has 136 valence electrons. The molecule has 1 fully saturated rings. The number of aliphatic hydroxyl groups is 1. The molecule has 0 radical (unpaired) electrons. The summed E-state index contributed by atoms with van der Waals surface area (Å²) in [6.07, 6.45) is 18.2. The zero-order valence-corrected chi connectivity index (χ0v) is 15.3. The van der Waals surface area contributed by atoms with Gasteiger partial charge >= 0.3 is 0 Å². The first kappa shape index (κ1) is 20.5. The van der Waals surface area contributed by atoms with E-state index in [0.717, 1.165) is 25.7 Å². The van der Waals surface area contributed by atoms with E-state index in [1.807, 2.05) is 0 Å². The Labute approximate surface area is 143 Å². The summed E-state index contributed by atoms with van der Waals surface area (Å²) < 4.78 is 0. The summed E-state index contributed by atoms with van der Waals surface area (Å²) in [5.74, 6) is 0.0420. The molecule has 0 aromatic carbocycles. The highest BCUT2D eigenvalue weighted by Crippen LogP contribution is 2.18. The monoisotopic (exact) mass is 325 g/mol. The van der Waals surface area contributed by atoms with E-state index in [9.17, 15) is 9.90 Å². The molecule has 2 N–H and O–H groups in total. The van der Waals surface area contributed by atoms with E-state index in [1.54, 1.807) is 0 Å². The van der Waals surface area contributed by atoms with Gasteiger partial charge < -0.3 is 10.4 Å². The molecule has 0 bridgehead atoms. The lowest BCUT2D eigenvalue weighted by atomic mass is 9.95. The molecule has 0 unspecified atom stereocenters. The van der Waals surface area contributed by atoms with Gasteiger partial charge in [-0.25, -0.2) is 0 Å². The number of nitrogens with one attached hydrogen (secondary N) is 1. The lowest BCUT2D eigenvalue weighted by molar-refractivity contribution is -0.124. The minimum atomic E-state index is -0.455. The van der Waals surface area contributed by atoms with Gasteiger partial charge in [0.2, 0.25) is 5.91 Å². The lowest BCUT2D eigenvalue weighted by Crippen LogP contribution is -2.37. The second-order valence-electron chi connectivity index (χ2n) is 7.38. The molecule has 1 aliphatic carbocycles. The Bertz CT molecular complexity index is 287. The summed E-state index contributed by atoms with van der Waals surface area (Å²) in [6.45, 7) is 2.25. The molecule has 0 saturated heterocycles. The van der Waals surface area contributed by atoms with Gasteiger partial charge in [-0.3, -0.25) is 4.79 Å². The Hall–Kier alpha value is -0.570. The second-order valence-corrected chi connectivity index (χ2v) is 7.38. The summed E-state index contributed by atoms with van der Waals surface area (Å²) in [4.78, 5) is 11.9. The summed E-state index contributed by atoms with van der Waals surface area (Å²) >= 11 is 0. The van der Waals surface area contributed by atoms with Crippen molar-refractivity contribution in [3.05, 3.63) is 0 Å². The number of amides is 1. The van der Waals surface area contributed by atoms with E-state index >= 15 is 0 Å². The van der Waals surface area contributed by atoms with Crippen LogP contribution in [-0.4, -0.2) is 23.2 Å². The normalized spacial score (nSPS) is 17.1. The highest BCUT2D eigenvalue weighted by Gasteiger charge is 2.17. The van der Waals surface area contributed by atoms with Crippen molar-refractivity contribution in [1.29, 1.82) is 0 Å². The van der Waals surface area contributed by atoms with Crippen LogP contribution in [0.15, 0.2) is 0 Å². The van der Waals surface area contributed by atoms with Crippen LogP contribution in [0.3, 0.4) is 0 Å². The van der Waals surface area contributed by atoms with E-state index < -0.39 is 6.10 Å². The molecule has 0 spiro atoms. The minimum absolute atomic E-state index is 0.0420. The van der Waals surface area contributed by atoms with Crippen molar-refractivity contribution < 1.29 is 9.90 Å². The van der Waals surface area contributed by atoms with Crippen LogP contribution in [0.5, 0.6) is 0 Å². The molecule has 1 saturated carbocycles. The highest BCUT2D eigenvalue weighted by molar-refractivity contribution is 5.76. The number of aliphatic hydroxyl groups excluding tert-OH is 1. The third-order valence-electron chi connectivity index (χ3n) is 5.03. The van der Waals surface area contributed by atoms with Crippen LogP contribution in [-0.2, 0) is 4.79 Å². The maximum absolute atomic E-state index is 11.9. The maximum atomic E-state index is 11.9. The highest BCUT2D eigenvalue weighted by atomic mass is 16.3. The molecule has 3 nitrogen and oxygen atoms in total. The largest absolute Gasteiger partial charge is 0.393 e. The first-order valence-corrected chi connectivity index (χ1v) is 10.2. The molecule has 0 aromatic rings. The van der Waals surface area contributed by atoms with Crippen molar-refractivity contribution in [2.45, 2.75) is 122 Å². The molecule has 3 heteroatoms. The van der Waals surface area contributed by atoms with Gasteiger partial charge in [0.15, 0.2) is 0 Å². The van der Waals surface area contributed by atoms with E-state index in [-0.39, 0.29) is 12.3 Å². The average Bonchev–Trinajstić information content (AvgIpc) is 2.54. The Morgan fingerprint density at radius 2 is 1.52 bits per heavy atom. The molecule has 0 heterocycles. The minimum Gasteiger partial charge on any atom is -0.393 e. The van der Waals surface area contributed by atoms with Crippen LogP contribution >= 0.6 is 0 Å². The van der Waals surface area contributed by atoms with Gasteiger partial charge in [0.25, 0.3) is 0 Å². The van der Waals surface area contributed by atoms with E-state index in [4.69, 9.17) is 0 Å². The number of carbonyl (C=O) groups excluding carboxylic acids is 1. The zero-order valence-electron chi connectivity index (χ0n) is 15.3. The third kappa shape index (κ3) is 11.6. The Morgan fingerprint density at radius 1 is 0.957 bits per heavy atom. The van der Waals surface area contributed by atoms with Crippen LogP contribution in [0.2, 0.25) is 0 Å². The fraction of sp³-hybridized carbons (Fsp3) is 0.950. The number of hydrogen-bond donors (Lipinski definition) is 2. The standard InChI is InChI=1S/C20H39NO2/c1-2-3-4-5-6-7-8-9-13-16-19(22)17-20(23)21-18-14-11-10-12-15-18/h18-19,22H,2-17H2,1H3,(H,21,23)/t19-/m0/s1. The van der Waals surface area contributed by atoms with Crippen LogP contribution in [0, 0.1) is 0 Å². The van der Waals surface area contributed by atoms with Crippen molar-refractivity contribution >= 4 is 5.91 Å². The van der Waals surface area contributed by atoms with Crippen LogP contribution in [0.1, 0.15) is 110 Å². The Morgan fingerprint density at radius 3 is 2.13 bits per heavy atom. The fourth-order valence-electron chi connectivity index (χ4n) is 3.54. The molecular weight excluding hydrogens is 286 g/mol.